The number of hydrogen-bond acceptors (Lipinski definition) is 9. The van der Waals surface area contributed by atoms with Gasteiger partial charge in [0.05, 0.1) is 34.8 Å². The van der Waals surface area contributed by atoms with E-state index in [1.165, 1.54) is 4.90 Å². The minimum Gasteiger partial charge on any atom is -0.456 e. The third-order valence-electron chi connectivity index (χ3n) is 9.93. The van der Waals surface area contributed by atoms with Gasteiger partial charge in [0.15, 0.2) is 11.4 Å². The molecule has 2 aliphatic rings. The molecule has 10 nitrogen and oxygen atoms in total. The fourth-order valence-electron chi connectivity index (χ4n) is 7.28. The Hall–Kier alpha value is -6.36. The molecule has 2 aliphatic heterocycles. The van der Waals surface area contributed by atoms with Crippen molar-refractivity contribution in [3.05, 3.63) is 183 Å². The molecule has 56 heavy (non-hydrogen) atoms. The summed E-state index contributed by atoms with van der Waals surface area (Å²) in [5.74, 6) is 0.114. The molecule has 1 amide bonds. The van der Waals surface area contributed by atoms with Gasteiger partial charge in [0, 0.05) is 68.4 Å². The molecule has 0 saturated carbocycles. The lowest BCUT2D eigenvalue weighted by atomic mass is 9.77. The molecule has 6 aromatic rings. The monoisotopic (exact) mass is 764 g/mol. The number of nitrogens with zero attached hydrogens (tertiary/aromatic N) is 4. The number of halogens is 1. The van der Waals surface area contributed by atoms with Gasteiger partial charge in [0.25, 0.3) is 0 Å². The van der Waals surface area contributed by atoms with Crippen molar-refractivity contribution in [1.82, 2.24) is 19.8 Å². The van der Waals surface area contributed by atoms with Gasteiger partial charge in [0.2, 0.25) is 5.91 Å². The number of aromatic nitrogens is 2. The first-order chi connectivity index (χ1) is 27.2. The van der Waals surface area contributed by atoms with Crippen LogP contribution in [0, 0.1) is 0 Å². The van der Waals surface area contributed by atoms with Crippen LogP contribution < -0.4 is 9.47 Å². The number of ether oxygens (including phenoxy) is 3. The van der Waals surface area contributed by atoms with Gasteiger partial charge in [-0.2, -0.15) is 0 Å². The predicted octanol–water partition coefficient (Wildman–Crippen LogP) is 7.68. The van der Waals surface area contributed by atoms with Crippen LogP contribution in [-0.2, 0) is 52.4 Å². The summed E-state index contributed by atoms with van der Waals surface area (Å²) in [6, 6.07) is 35.2. The second-order valence-electron chi connectivity index (χ2n) is 14.0. The fraction of sp³-hybridized carbons (Fsp3) is 0.178. The van der Waals surface area contributed by atoms with Gasteiger partial charge in [0.1, 0.15) is 11.5 Å². The number of amides is 1. The first-order valence-electron chi connectivity index (χ1n) is 18.2. The normalized spacial score (nSPS) is 15.0. The number of rotatable bonds is 11. The van der Waals surface area contributed by atoms with E-state index in [0.29, 0.717) is 64.0 Å². The SMILES string of the molecule is CN(C)C(=O)Cc1ccc2c(c1)Oc1cc(CC(=O)Oc3c(Cl)cccc3CN(Cc3ccccn3)Cc3ccccn3)ccc1C21OC(=O)c2ccccc21. The lowest BCUT2D eigenvalue weighted by Gasteiger charge is -2.37. The van der Waals surface area contributed by atoms with Gasteiger partial charge in [-0.05, 0) is 59.7 Å². The Balaban J connectivity index is 1.08. The van der Waals surface area contributed by atoms with Crippen LogP contribution in [0.3, 0.4) is 0 Å². The molecule has 1 spiro atoms. The number of benzene rings is 4. The maximum absolute atomic E-state index is 13.7. The molecule has 11 heteroatoms. The van der Waals surface area contributed by atoms with E-state index >= 15 is 0 Å². The highest BCUT2D eigenvalue weighted by Crippen LogP contribution is 2.56. The van der Waals surface area contributed by atoms with E-state index in [4.69, 9.17) is 25.8 Å². The summed E-state index contributed by atoms with van der Waals surface area (Å²) in [4.78, 5) is 52.4. The van der Waals surface area contributed by atoms with Gasteiger partial charge in [-0.15, -0.1) is 0 Å². The number of carbonyl (C=O) groups is 3. The number of hydrogen-bond donors (Lipinski definition) is 0. The summed E-state index contributed by atoms with van der Waals surface area (Å²) in [6.07, 6.45) is 3.59. The number of carbonyl (C=O) groups excluding carboxylic acids is 3. The first kappa shape index (κ1) is 36.6. The molecule has 1 atom stereocenters. The number of fused-ring (bicyclic) bond motifs is 6. The summed E-state index contributed by atoms with van der Waals surface area (Å²) < 4.78 is 18.8. The van der Waals surface area contributed by atoms with E-state index in [9.17, 15) is 14.4 Å². The molecule has 0 radical (unpaired) electrons. The van der Waals surface area contributed by atoms with Crippen LogP contribution in [-0.4, -0.2) is 51.7 Å². The molecular formula is C45H37ClN4O6. The Kier molecular flexibility index (Phi) is 10.1. The van der Waals surface area contributed by atoms with E-state index in [-0.39, 0.29) is 24.5 Å². The average Bonchev–Trinajstić information content (AvgIpc) is 3.48. The average molecular weight is 765 g/mol. The van der Waals surface area contributed by atoms with Crippen molar-refractivity contribution < 1.29 is 28.6 Å². The molecule has 0 fully saturated rings. The second kappa shape index (κ2) is 15.4. The van der Waals surface area contributed by atoms with E-state index < -0.39 is 17.5 Å². The van der Waals surface area contributed by atoms with Crippen LogP contribution in [0.15, 0.2) is 128 Å². The summed E-state index contributed by atoms with van der Waals surface area (Å²) >= 11 is 6.70. The molecule has 280 valence electrons. The van der Waals surface area contributed by atoms with Crippen molar-refractivity contribution >= 4 is 29.4 Å². The Morgan fingerprint density at radius 2 is 1.34 bits per heavy atom. The Labute approximate surface area is 329 Å². The summed E-state index contributed by atoms with van der Waals surface area (Å²) in [7, 11) is 3.41. The zero-order chi connectivity index (χ0) is 38.8. The molecule has 2 aromatic heterocycles. The lowest BCUT2D eigenvalue weighted by molar-refractivity contribution is -0.133. The maximum Gasteiger partial charge on any atom is 0.340 e. The van der Waals surface area contributed by atoms with Gasteiger partial charge in [-0.25, -0.2) is 4.79 Å². The quantitative estimate of drug-likeness (QED) is 0.0969. The van der Waals surface area contributed by atoms with E-state index in [0.717, 1.165) is 22.5 Å². The molecule has 4 heterocycles. The van der Waals surface area contributed by atoms with Crippen molar-refractivity contribution in [2.75, 3.05) is 14.1 Å². The lowest BCUT2D eigenvalue weighted by Crippen LogP contribution is -2.33. The van der Waals surface area contributed by atoms with Crippen molar-refractivity contribution in [3.8, 4) is 17.2 Å². The number of likely N-dealkylation sites (N-methyl/N-ethyl adjacent to an activating group) is 1. The van der Waals surface area contributed by atoms with Gasteiger partial charge < -0.3 is 19.1 Å². The minimum atomic E-state index is -1.29. The van der Waals surface area contributed by atoms with E-state index in [1.54, 1.807) is 56.8 Å². The third-order valence-corrected chi connectivity index (χ3v) is 10.2. The molecule has 0 N–H and O–H groups in total. The molecule has 0 bridgehead atoms. The maximum atomic E-state index is 13.7. The summed E-state index contributed by atoms with van der Waals surface area (Å²) in [6.45, 7) is 1.47. The zero-order valence-electron chi connectivity index (χ0n) is 30.8. The second-order valence-corrected chi connectivity index (χ2v) is 14.4. The Morgan fingerprint density at radius 1 is 0.714 bits per heavy atom. The number of pyridine rings is 2. The Morgan fingerprint density at radius 3 is 1.96 bits per heavy atom. The molecule has 1 unspecified atom stereocenters. The van der Waals surface area contributed by atoms with Crippen LogP contribution in [0.2, 0.25) is 5.02 Å². The smallest absolute Gasteiger partial charge is 0.340 e. The van der Waals surface area contributed by atoms with Crippen LogP contribution in [0.1, 0.15) is 55.1 Å². The van der Waals surface area contributed by atoms with Crippen molar-refractivity contribution in [1.29, 1.82) is 0 Å². The van der Waals surface area contributed by atoms with Crippen molar-refractivity contribution in [2.24, 2.45) is 0 Å². The van der Waals surface area contributed by atoms with E-state index in [2.05, 4.69) is 14.9 Å². The summed E-state index contributed by atoms with van der Waals surface area (Å²) in [5, 5.41) is 0.309. The summed E-state index contributed by atoms with van der Waals surface area (Å²) in [5.41, 5.74) is 4.98. The highest BCUT2D eigenvalue weighted by Gasteiger charge is 2.53. The first-order valence-corrected chi connectivity index (χ1v) is 18.5. The number of esters is 2. The van der Waals surface area contributed by atoms with Gasteiger partial charge in [-0.3, -0.25) is 24.5 Å². The third kappa shape index (κ3) is 7.24. The van der Waals surface area contributed by atoms with Crippen LogP contribution in [0.25, 0.3) is 0 Å². The topological polar surface area (TPSA) is 111 Å². The van der Waals surface area contributed by atoms with Gasteiger partial charge in [-0.1, -0.05) is 78.3 Å². The van der Waals surface area contributed by atoms with Crippen molar-refractivity contribution in [2.45, 2.75) is 38.1 Å². The zero-order valence-corrected chi connectivity index (χ0v) is 31.5. The molecule has 8 rings (SSSR count). The van der Waals surface area contributed by atoms with Crippen LogP contribution in [0.5, 0.6) is 17.2 Å². The minimum absolute atomic E-state index is 0.0647. The standard InChI is InChI=1S/C45H37ClN4O6/c1-49(2)41(51)24-29-16-18-36-39(22-29)54-40-23-30(17-19-37(40)45(36)35-14-4-3-13-34(35)44(53)56-45)25-42(52)55-43-31(10-9-15-38(43)46)26-50(27-32-11-5-7-20-47-32)28-33-12-6-8-21-48-33/h3-23H,24-28H2,1-2H3. The number of para-hydroxylation sites is 1. The molecule has 0 aliphatic carbocycles. The highest BCUT2D eigenvalue weighted by molar-refractivity contribution is 6.32. The molecule has 4 aromatic carbocycles. The van der Waals surface area contributed by atoms with E-state index in [1.807, 2.05) is 84.9 Å². The largest absolute Gasteiger partial charge is 0.456 e. The molecule has 0 saturated heterocycles. The predicted molar refractivity (Wildman–Crippen MR) is 209 cm³/mol. The fourth-order valence-corrected chi connectivity index (χ4v) is 7.51. The highest BCUT2D eigenvalue weighted by atomic mass is 35.5. The Bertz CT molecular complexity index is 2420. The van der Waals surface area contributed by atoms with Crippen LogP contribution >= 0.6 is 11.6 Å². The molecular weight excluding hydrogens is 728 g/mol. The van der Waals surface area contributed by atoms with Crippen LogP contribution in [0.4, 0.5) is 0 Å². The van der Waals surface area contributed by atoms with Crippen molar-refractivity contribution in [3.63, 3.8) is 0 Å². The van der Waals surface area contributed by atoms with Gasteiger partial charge >= 0.3 is 11.9 Å².